The maximum absolute atomic E-state index is 12.1. The van der Waals surface area contributed by atoms with Crippen LogP contribution in [0.1, 0.15) is 41.1 Å². The van der Waals surface area contributed by atoms with Crippen molar-refractivity contribution < 1.29 is 17.9 Å². The van der Waals surface area contributed by atoms with Gasteiger partial charge >= 0.3 is 5.97 Å². The topological polar surface area (TPSA) is 81.5 Å². The number of ether oxygens (including phenoxy) is 1. The quantitative estimate of drug-likeness (QED) is 0.748. The molecule has 8 heteroatoms. The number of nitrogens with zero attached hydrogens (tertiary/aromatic N) is 3. The third-order valence-corrected chi connectivity index (χ3v) is 6.05. The van der Waals surface area contributed by atoms with Crippen molar-refractivity contribution in [2.75, 3.05) is 31.7 Å². The summed E-state index contributed by atoms with van der Waals surface area (Å²) >= 11 is 0. The molecule has 22 heavy (non-hydrogen) atoms. The molecule has 0 N–H and O–H groups in total. The second-order valence-electron chi connectivity index (χ2n) is 5.98. The Labute approximate surface area is 130 Å². The number of fused-ring (bicyclic) bond motifs is 1. The van der Waals surface area contributed by atoms with Crippen molar-refractivity contribution in [1.29, 1.82) is 0 Å². The molecule has 122 valence electrons. The van der Waals surface area contributed by atoms with E-state index in [-0.39, 0.29) is 17.5 Å². The molecule has 0 amide bonds. The van der Waals surface area contributed by atoms with Crippen LogP contribution in [0.2, 0.25) is 0 Å². The van der Waals surface area contributed by atoms with Crippen LogP contribution in [0.25, 0.3) is 0 Å². The first-order chi connectivity index (χ1) is 10.4. The van der Waals surface area contributed by atoms with Gasteiger partial charge in [0.05, 0.1) is 24.2 Å². The Morgan fingerprint density at radius 1 is 1.45 bits per heavy atom. The third-order valence-electron chi connectivity index (χ3n) is 4.30. The van der Waals surface area contributed by atoms with E-state index >= 15 is 0 Å². The highest BCUT2D eigenvalue weighted by Gasteiger charge is 2.35. The van der Waals surface area contributed by atoms with Gasteiger partial charge in [-0.3, -0.25) is 4.68 Å². The Balaban J connectivity index is 2.01. The summed E-state index contributed by atoms with van der Waals surface area (Å²) in [7, 11) is -0.994. The zero-order valence-corrected chi connectivity index (χ0v) is 13.7. The summed E-state index contributed by atoms with van der Waals surface area (Å²) in [5.74, 6) is -0.117. The van der Waals surface area contributed by atoms with Crippen LogP contribution >= 0.6 is 0 Å². The van der Waals surface area contributed by atoms with E-state index in [9.17, 15) is 13.2 Å². The molecular weight excluding hydrogens is 306 g/mol. The van der Waals surface area contributed by atoms with Crippen LogP contribution in [0.5, 0.6) is 0 Å². The fourth-order valence-corrected chi connectivity index (χ4v) is 4.91. The highest BCUT2D eigenvalue weighted by atomic mass is 32.2. The average Bonchev–Trinajstić information content (AvgIpc) is 2.99. The molecule has 1 atom stereocenters. The van der Waals surface area contributed by atoms with Crippen LogP contribution in [-0.2, 0) is 27.5 Å². The molecule has 1 saturated heterocycles. The minimum absolute atomic E-state index is 0.110. The van der Waals surface area contributed by atoms with Crippen LogP contribution in [0, 0.1) is 0 Å². The van der Waals surface area contributed by atoms with Gasteiger partial charge in [-0.15, -0.1) is 0 Å². The molecule has 0 bridgehead atoms. The second-order valence-corrected chi connectivity index (χ2v) is 8.21. The minimum Gasteiger partial charge on any atom is -0.461 e. The Morgan fingerprint density at radius 2 is 2.23 bits per heavy atom. The highest BCUT2D eigenvalue weighted by Crippen LogP contribution is 2.30. The summed E-state index contributed by atoms with van der Waals surface area (Å²) in [4.78, 5) is 14.3. The van der Waals surface area contributed by atoms with E-state index in [1.165, 1.54) is 0 Å². The molecule has 0 saturated carbocycles. The lowest BCUT2D eigenvalue weighted by Crippen LogP contribution is -2.29. The Hall–Kier alpha value is -1.41. The van der Waals surface area contributed by atoms with Crippen LogP contribution in [0.4, 0.5) is 0 Å². The predicted octanol–water partition coefficient (Wildman–Crippen LogP) is 0.407. The molecule has 0 aliphatic carbocycles. The summed E-state index contributed by atoms with van der Waals surface area (Å²) in [6.07, 6.45) is 1.34. The standard InChI is InChI=1S/C14H21N3O4S/c1-3-21-14(18)13-11-8-16(2)6-4-12(11)17(15-13)10-5-7-22(19,20)9-10/h10H,3-9H2,1-2H3. The van der Waals surface area contributed by atoms with Gasteiger partial charge in [-0.2, -0.15) is 5.10 Å². The SMILES string of the molecule is CCOC(=O)c1nn(C2CCS(=O)(=O)C2)c2c1CN(C)CC2. The fourth-order valence-electron chi connectivity index (χ4n) is 3.21. The van der Waals surface area contributed by atoms with Crippen molar-refractivity contribution >= 4 is 15.8 Å². The van der Waals surface area contributed by atoms with Crippen molar-refractivity contribution in [3.05, 3.63) is 17.0 Å². The first-order valence-electron chi connectivity index (χ1n) is 7.57. The number of carbonyl (C=O) groups excluding carboxylic acids is 1. The zero-order valence-electron chi connectivity index (χ0n) is 12.9. The predicted molar refractivity (Wildman–Crippen MR) is 80.5 cm³/mol. The van der Waals surface area contributed by atoms with E-state index in [0.29, 0.717) is 25.3 Å². The molecule has 7 nitrogen and oxygen atoms in total. The molecule has 1 aromatic rings. The van der Waals surface area contributed by atoms with Crippen LogP contribution < -0.4 is 0 Å². The van der Waals surface area contributed by atoms with Gasteiger partial charge in [-0.25, -0.2) is 13.2 Å². The van der Waals surface area contributed by atoms with E-state index in [2.05, 4.69) is 10.00 Å². The van der Waals surface area contributed by atoms with E-state index in [1.807, 2.05) is 7.05 Å². The first kappa shape index (κ1) is 15.5. The lowest BCUT2D eigenvalue weighted by atomic mass is 10.1. The fraction of sp³-hybridized carbons (Fsp3) is 0.714. The zero-order chi connectivity index (χ0) is 15.9. The van der Waals surface area contributed by atoms with Gasteiger partial charge in [0, 0.05) is 30.8 Å². The van der Waals surface area contributed by atoms with Gasteiger partial charge in [-0.1, -0.05) is 0 Å². The van der Waals surface area contributed by atoms with E-state index < -0.39 is 15.8 Å². The van der Waals surface area contributed by atoms with E-state index in [1.54, 1.807) is 11.6 Å². The second kappa shape index (κ2) is 5.66. The van der Waals surface area contributed by atoms with Crippen LogP contribution in [0.3, 0.4) is 0 Å². The molecular formula is C14H21N3O4S. The third kappa shape index (κ3) is 2.77. The number of sulfone groups is 1. The summed E-state index contributed by atoms with van der Waals surface area (Å²) in [6, 6.07) is -0.162. The van der Waals surface area contributed by atoms with Gasteiger partial charge in [0.1, 0.15) is 0 Å². The molecule has 1 aromatic heterocycles. The van der Waals surface area contributed by atoms with Crippen molar-refractivity contribution in [1.82, 2.24) is 14.7 Å². The lowest BCUT2D eigenvalue weighted by Gasteiger charge is -2.24. The van der Waals surface area contributed by atoms with E-state index in [0.717, 1.165) is 24.2 Å². The monoisotopic (exact) mass is 327 g/mol. The maximum atomic E-state index is 12.1. The van der Waals surface area contributed by atoms with Crippen LogP contribution in [0.15, 0.2) is 0 Å². The molecule has 0 spiro atoms. The van der Waals surface area contributed by atoms with Crippen molar-refractivity contribution in [2.24, 2.45) is 0 Å². The van der Waals surface area contributed by atoms with Gasteiger partial charge in [-0.05, 0) is 20.4 Å². The van der Waals surface area contributed by atoms with E-state index in [4.69, 9.17) is 4.74 Å². The number of hydrogen-bond acceptors (Lipinski definition) is 6. The van der Waals surface area contributed by atoms with Gasteiger partial charge < -0.3 is 9.64 Å². The largest absolute Gasteiger partial charge is 0.461 e. The molecule has 0 radical (unpaired) electrons. The van der Waals surface area contributed by atoms with Gasteiger partial charge in [0.15, 0.2) is 15.5 Å². The number of likely N-dealkylation sites (N-methyl/N-ethyl adjacent to an activating group) is 1. The van der Waals surface area contributed by atoms with Crippen molar-refractivity contribution in [3.63, 3.8) is 0 Å². The Morgan fingerprint density at radius 3 is 2.86 bits per heavy atom. The summed E-state index contributed by atoms with van der Waals surface area (Å²) in [5.41, 5.74) is 2.22. The number of rotatable bonds is 3. The minimum atomic E-state index is -2.99. The molecule has 0 aromatic carbocycles. The Kier molecular flexibility index (Phi) is 3.98. The molecule has 3 rings (SSSR count). The highest BCUT2D eigenvalue weighted by molar-refractivity contribution is 7.91. The maximum Gasteiger partial charge on any atom is 0.359 e. The van der Waals surface area contributed by atoms with Gasteiger partial charge in [0.25, 0.3) is 0 Å². The lowest BCUT2D eigenvalue weighted by molar-refractivity contribution is 0.0516. The first-order valence-corrected chi connectivity index (χ1v) is 9.39. The molecule has 2 aliphatic rings. The molecule has 3 heterocycles. The number of aromatic nitrogens is 2. The Bertz CT molecular complexity index is 695. The van der Waals surface area contributed by atoms with Gasteiger partial charge in [0.2, 0.25) is 0 Å². The molecule has 1 fully saturated rings. The smallest absolute Gasteiger partial charge is 0.359 e. The summed E-state index contributed by atoms with van der Waals surface area (Å²) in [5, 5.41) is 4.44. The number of esters is 1. The normalized spacial score (nSPS) is 24.2. The molecule has 2 aliphatic heterocycles. The summed E-state index contributed by atoms with van der Waals surface area (Å²) < 4.78 is 30.3. The average molecular weight is 327 g/mol. The van der Waals surface area contributed by atoms with Crippen LogP contribution in [-0.4, -0.2) is 60.8 Å². The van der Waals surface area contributed by atoms with Crippen molar-refractivity contribution in [2.45, 2.75) is 32.4 Å². The molecule has 1 unspecified atom stereocenters. The number of hydrogen-bond donors (Lipinski definition) is 0. The van der Waals surface area contributed by atoms with Crippen molar-refractivity contribution in [3.8, 4) is 0 Å². The summed E-state index contributed by atoms with van der Waals surface area (Å²) in [6.45, 7) is 3.58. The number of carbonyl (C=O) groups is 1.